The summed E-state index contributed by atoms with van der Waals surface area (Å²) in [6.07, 6.45) is -6.45. The first-order valence-electron chi connectivity index (χ1n) is 8.17. The molecule has 0 heterocycles. The third-order valence-corrected chi connectivity index (χ3v) is 5.38. The molecule has 1 aromatic carbocycles. The van der Waals surface area contributed by atoms with Crippen LogP contribution in [0.1, 0.15) is 31.7 Å². The van der Waals surface area contributed by atoms with Crippen LogP contribution in [-0.2, 0) is 19.1 Å². The molecule has 8 heteroatoms. The third kappa shape index (κ3) is 4.13. The van der Waals surface area contributed by atoms with Gasteiger partial charge in [-0.15, -0.1) is 0 Å². The summed E-state index contributed by atoms with van der Waals surface area (Å²) in [6.45, 7) is 1.36. The van der Waals surface area contributed by atoms with Crippen LogP contribution in [0.2, 0.25) is 0 Å². The Morgan fingerprint density at radius 1 is 1.11 bits per heavy atom. The fraction of sp³-hybridized carbons (Fsp3) is 0.474. The second-order valence-electron chi connectivity index (χ2n) is 6.93. The summed E-state index contributed by atoms with van der Waals surface area (Å²) in [5, 5.41) is 0.0945. The van der Waals surface area contributed by atoms with Gasteiger partial charge < -0.3 is 9.47 Å². The lowest BCUT2D eigenvalue weighted by molar-refractivity contribution is -0.173. The van der Waals surface area contributed by atoms with E-state index >= 15 is 0 Å². The van der Waals surface area contributed by atoms with E-state index in [0.717, 1.165) is 14.2 Å². The van der Waals surface area contributed by atoms with Gasteiger partial charge in [0.05, 0.1) is 20.6 Å². The molecule has 1 unspecified atom stereocenters. The fourth-order valence-corrected chi connectivity index (χ4v) is 4.25. The standard InChI is InChI=1S/C19H20ClF3O4/c1-17(11-19(21,22)23)10-18(15(24)26-2,16(25)27-3)9-13(17)14(20)12-7-5-4-6-8-12/h4-8H,9-11H2,1-3H3/b14-13+. The van der Waals surface area contributed by atoms with Gasteiger partial charge in [-0.1, -0.05) is 48.9 Å². The number of halogens is 4. The molecule has 1 atom stereocenters. The number of methoxy groups -OCH3 is 2. The number of alkyl halides is 3. The lowest BCUT2D eigenvalue weighted by Crippen LogP contribution is -2.40. The Morgan fingerprint density at radius 3 is 2.07 bits per heavy atom. The summed E-state index contributed by atoms with van der Waals surface area (Å²) < 4.78 is 49.4. The molecule has 4 nitrogen and oxygen atoms in total. The number of hydrogen-bond donors (Lipinski definition) is 0. The predicted molar refractivity (Wildman–Crippen MR) is 93.7 cm³/mol. The molecule has 0 bridgehead atoms. The summed E-state index contributed by atoms with van der Waals surface area (Å²) >= 11 is 6.46. The van der Waals surface area contributed by atoms with Gasteiger partial charge >= 0.3 is 18.1 Å². The second kappa shape index (κ2) is 7.54. The zero-order valence-corrected chi connectivity index (χ0v) is 15.9. The minimum Gasteiger partial charge on any atom is -0.468 e. The number of ether oxygens (including phenoxy) is 2. The maximum absolute atomic E-state index is 13.3. The van der Waals surface area contributed by atoms with E-state index in [1.807, 2.05) is 0 Å². The lowest BCUT2D eigenvalue weighted by Gasteiger charge is -2.29. The van der Waals surface area contributed by atoms with Crippen molar-refractivity contribution in [1.29, 1.82) is 0 Å². The van der Waals surface area contributed by atoms with Gasteiger partial charge in [-0.25, -0.2) is 0 Å². The molecular weight excluding hydrogens is 385 g/mol. The number of rotatable bonds is 4. The molecule has 0 N–H and O–H groups in total. The van der Waals surface area contributed by atoms with Gasteiger partial charge in [0, 0.05) is 10.4 Å². The van der Waals surface area contributed by atoms with E-state index < -0.39 is 41.8 Å². The van der Waals surface area contributed by atoms with Gasteiger partial charge in [-0.3, -0.25) is 9.59 Å². The SMILES string of the molecule is COC(=O)C1(C(=O)OC)C/C(=C(\Cl)c2ccccc2)C(C)(CC(F)(F)F)C1. The van der Waals surface area contributed by atoms with Gasteiger partial charge in [0.25, 0.3) is 0 Å². The highest BCUT2D eigenvalue weighted by Crippen LogP contribution is 2.60. The highest BCUT2D eigenvalue weighted by atomic mass is 35.5. The molecule has 1 saturated carbocycles. The minimum absolute atomic E-state index is 0.0945. The van der Waals surface area contributed by atoms with Crippen LogP contribution in [0.5, 0.6) is 0 Å². The molecule has 2 rings (SSSR count). The Hall–Kier alpha value is -2.02. The molecule has 0 saturated heterocycles. The number of esters is 2. The van der Waals surface area contributed by atoms with Crippen LogP contribution >= 0.6 is 11.6 Å². The van der Waals surface area contributed by atoms with Crippen molar-refractivity contribution in [2.45, 2.75) is 32.4 Å². The first-order valence-corrected chi connectivity index (χ1v) is 8.55. The maximum Gasteiger partial charge on any atom is 0.389 e. The predicted octanol–water partition coefficient (Wildman–Crippen LogP) is 4.72. The number of hydrogen-bond acceptors (Lipinski definition) is 4. The topological polar surface area (TPSA) is 52.6 Å². The molecule has 1 fully saturated rings. The zero-order chi connectivity index (χ0) is 20.5. The molecule has 1 aromatic rings. The minimum atomic E-state index is -4.52. The number of benzene rings is 1. The summed E-state index contributed by atoms with van der Waals surface area (Å²) in [5.74, 6) is -1.87. The molecule has 27 heavy (non-hydrogen) atoms. The van der Waals surface area contributed by atoms with Gasteiger partial charge in [0.1, 0.15) is 0 Å². The van der Waals surface area contributed by atoms with Crippen molar-refractivity contribution >= 4 is 28.6 Å². The van der Waals surface area contributed by atoms with Crippen molar-refractivity contribution < 1.29 is 32.2 Å². The van der Waals surface area contributed by atoms with E-state index in [4.69, 9.17) is 21.1 Å². The van der Waals surface area contributed by atoms with E-state index in [-0.39, 0.29) is 17.0 Å². The fourth-order valence-electron chi connectivity index (χ4n) is 3.83. The van der Waals surface area contributed by atoms with E-state index in [1.54, 1.807) is 30.3 Å². The van der Waals surface area contributed by atoms with Crippen LogP contribution in [0.25, 0.3) is 5.03 Å². The Kier molecular flexibility index (Phi) is 5.94. The average Bonchev–Trinajstić information content (AvgIpc) is 2.92. The summed E-state index contributed by atoms with van der Waals surface area (Å²) in [4.78, 5) is 24.8. The number of allylic oxidation sites excluding steroid dienone is 1. The summed E-state index contributed by atoms with van der Waals surface area (Å²) in [6, 6.07) is 8.44. The summed E-state index contributed by atoms with van der Waals surface area (Å²) in [7, 11) is 2.16. The molecule has 0 aliphatic heterocycles. The van der Waals surface area contributed by atoms with Crippen LogP contribution in [0, 0.1) is 10.8 Å². The smallest absolute Gasteiger partial charge is 0.389 e. The highest BCUT2D eigenvalue weighted by molar-refractivity contribution is 6.49. The summed E-state index contributed by atoms with van der Waals surface area (Å²) in [5.41, 5.74) is -2.74. The Balaban J connectivity index is 2.68. The quantitative estimate of drug-likeness (QED) is 0.538. The molecule has 0 spiro atoms. The molecule has 148 valence electrons. The number of carbonyl (C=O) groups is 2. The van der Waals surface area contributed by atoms with E-state index in [0.29, 0.717) is 5.56 Å². The Bertz CT molecular complexity index is 742. The van der Waals surface area contributed by atoms with E-state index in [2.05, 4.69) is 0 Å². The van der Waals surface area contributed by atoms with Crippen molar-refractivity contribution in [3.63, 3.8) is 0 Å². The van der Waals surface area contributed by atoms with Crippen LogP contribution < -0.4 is 0 Å². The van der Waals surface area contributed by atoms with Crippen molar-refractivity contribution in [2.75, 3.05) is 14.2 Å². The van der Waals surface area contributed by atoms with E-state index in [1.165, 1.54) is 6.92 Å². The van der Waals surface area contributed by atoms with Crippen molar-refractivity contribution in [3.05, 3.63) is 41.5 Å². The highest BCUT2D eigenvalue weighted by Gasteiger charge is 2.62. The lowest BCUT2D eigenvalue weighted by atomic mass is 9.77. The van der Waals surface area contributed by atoms with Crippen LogP contribution in [0.15, 0.2) is 35.9 Å². The van der Waals surface area contributed by atoms with E-state index in [9.17, 15) is 22.8 Å². The van der Waals surface area contributed by atoms with Gasteiger partial charge in [-0.2, -0.15) is 13.2 Å². The average molecular weight is 405 g/mol. The molecule has 0 amide bonds. The molecule has 1 aliphatic rings. The zero-order valence-electron chi connectivity index (χ0n) is 15.2. The number of carbonyl (C=O) groups excluding carboxylic acids is 2. The molecule has 0 aromatic heterocycles. The normalized spacial score (nSPS) is 23.7. The van der Waals surface area contributed by atoms with Gasteiger partial charge in [0.15, 0.2) is 5.41 Å². The molecular formula is C19H20ClF3O4. The maximum atomic E-state index is 13.3. The third-order valence-electron chi connectivity index (χ3n) is 4.93. The van der Waals surface area contributed by atoms with Crippen LogP contribution in [-0.4, -0.2) is 32.3 Å². The Labute approximate surface area is 160 Å². The first-order chi connectivity index (χ1) is 12.5. The van der Waals surface area contributed by atoms with Crippen molar-refractivity contribution in [2.24, 2.45) is 10.8 Å². The van der Waals surface area contributed by atoms with Crippen LogP contribution in [0.4, 0.5) is 13.2 Å². The van der Waals surface area contributed by atoms with Crippen molar-refractivity contribution in [1.82, 2.24) is 0 Å². The first kappa shape index (κ1) is 21.3. The monoisotopic (exact) mass is 404 g/mol. The van der Waals surface area contributed by atoms with Gasteiger partial charge in [0.2, 0.25) is 0 Å². The van der Waals surface area contributed by atoms with Gasteiger partial charge in [-0.05, 0) is 24.0 Å². The molecule has 0 radical (unpaired) electrons. The molecule has 1 aliphatic carbocycles. The second-order valence-corrected chi connectivity index (χ2v) is 7.31. The van der Waals surface area contributed by atoms with Crippen molar-refractivity contribution in [3.8, 4) is 0 Å². The van der Waals surface area contributed by atoms with Crippen LogP contribution in [0.3, 0.4) is 0 Å². The largest absolute Gasteiger partial charge is 0.468 e. The Morgan fingerprint density at radius 2 is 1.63 bits per heavy atom.